The van der Waals surface area contributed by atoms with Gasteiger partial charge in [-0.15, -0.1) is 10.2 Å². The van der Waals surface area contributed by atoms with Crippen LogP contribution in [0.15, 0.2) is 34.9 Å². The molecule has 0 spiro atoms. The van der Waals surface area contributed by atoms with Crippen LogP contribution in [0.2, 0.25) is 23.2 Å². The smallest absolute Gasteiger partial charge is 0.296 e. The first-order valence-electron chi connectivity index (χ1n) is 9.56. The highest BCUT2D eigenvalue weighted by molar-refractivity contribution is 7.18. The molecule has 0 unspecified atom stereocenters. The maximum absolute atomic E-state index is 12.4. The number of anilines is 1. The maximum atomic E-state index is 12.4. The van der Waals surface area contributed by atoms with Crippen molar-refractivity contribution in [3.8, 4) is 10.6 Å². The van der Waals surface area contributed by atoms with Crippen molar-refractivity contribution in [3.63, 3.8) is 0 Å². The summed E-state index contributed by atoms with van der Waals surface area (Å²) in [5.74, 6) is -0.312. The molecule has 0 saturated carbocycles. The Morgan fingerprint density at radius 3 is 2.70 bits per heavy atom. The lowest BCUT2D eigenvalue weighted by Crippen LogP contribution is -2.41. The first kappa shape index (κ1) is 22.6. The highest BCUT2D eigenvalue weighted by Gasteiger charge is 2.36. The van der Waals surface area contributed by atoms with Crippen molar-refractivity contribution >= 4 is 42.3 Å². The summed E-state index contributed by atoms with van der Waals surface area (Å²) in [6, 6.07) is 8.96. The standard InChI is InChI=1S/C20H25ClN4O3SSi/c1-20(2,3)30(4,5)27-11-10-13-12-16(28-25-13)17(26)22-19-24-23-18(29-19)14-8-6-7-9-15(14)21/h6-9,12H,10-11H2,1-5H3,(H,22,24,26). The van der Waals surface area contributed by atoms with Crippen LogP contribution >= 0.6 is 22.9 Å². The Morgan fingerprint density at radius 1 is 1.27 bits per heavy atom. The van der Waals surface area contributed by atoms with E-state index in [1.165, 1.54) is 11.3 Å². The lowest BCUT2D eigenvalue weighted by molar-refractivity contribution is 0.0987. The zero-order chi connectivity index (χ0) is 21.9. The third-order valence-corrected chi connectivity index (χ3v) is 10.9. The Balaban J connectivity index is 1.58. The summed E-state index contributed by atoms with van der Waals surface area (Å²) >= 11 is 7.42. The van der Waals surface area contributed by atoms with Gasteiger partial charge in [-0.05, 0) is 24.2 Å². The molecular weight excluding hydrogens is 440 g/mol. The molecule has 0 fully saturated rings. The van der Waals surface area contributed by atoms with Crippen LogP contribution in [0, 0.1) is 0 Å². The molecule has 7 nitrogen and oxygen atoms in total. The van der Waals surface area contributed by atoms with Crippen LogP contribution in [0.3, 0.4) is 0 Å². The summed E-state index contributed by atoms with van der Waals surface area (Å²) in [7, 11) is -1.82. The largest absolute Gasteiger partial charge is 0.416 e. The minimum atomic E-state index is -1.82. The fourth-order valence-corrected chi connectivity index (χ4v) is 4.44. The first-order chi connectivity index (χ1) is 14.1. The van der Waals surface area contributed by atoms with Crippen LogP contribution in [-0.2, 0) is 10.8 Å². The van der Waals surface area contributed by atoms with Crippen LogP contribution < -0.4 is 5.32 Å². The molecule has 2 heterocycles. The van der Waals surface area contributed by atoms with Crippen molar-refractivity contribution in [2.45, 2.75) is 45.3 Å². The van der Waals surface area contributed by atoms with Gasteiger partial charge in [-0.1, -0.05) is 67.1 Å². The van der Waals surface area contributed by atoms with Gasteiger partial charge < -0.3 is 8.95 Å². The van der Waals surface area contributed by atoms with Crippen molar-refractivity contribution in [2.75, 3.05) is 11.9 Å². The summed E-state index contributed by atoms with van der Waals surface area (Å²) in [6.45, 7) is 11.5. The first-order valence-corrected chi connectivity index (χ1v) is 13.7. The average molecular weight is 465 g/mol. The third kappa shape index (κ3) is 5.34. The van der Waals surface area contributed by atoms with E-state index in [0.29, 0.717) is 33.9 Å². The number of carbonyl (C=O) groups excluding carboxylic acids is 1. The van der Waals surface area contributed by atoms with Crippen molar-refractivity contribution < 1.29 is 13.7 Å². The summed E-state index contributed by atoms with van der Waals surface area (Å²) in [4.78, 5) is 12.4. The molecule has 30 heavy (non-hydrogen) atoms. The van der Waals surface area contributed by atoms with Gasteiger partial charge in [0.1, 0.15) is 0 Å². The van der Waals surface area contributed by atoms with E-state index in [0.717, 1.165) is 5.56 Å². The van der Waals surface area contributed by atoms with E-state index in [9.17, 15) is 4.79 Å². The van der Waals surface area contributed by atoms with Crippen LogP contribution in [-0.4, -0.2) is 36.2 Å². The van der Waals surface area contributed by atoms with Gasteiger partial charge in [0.25, 0.3) is 5.91 Å². The van der Waals surface area contributed by atoms with E-state index < -0.39 is 14.2 Å². The SMILES string of the molecule is CC(C)(C)[Si](C)(C)OCCc1cc(C(=O)Nc2nnc(-c3ccccc3Cl)s2)on1. The molecule has 0 radical (unpaired) electrons. The lowest BCUT2D eigenvalue weighted by Gasteiger charge is -2.36. The van der Waals surface area contributed by atoms with E-state index >= 15 is 0 Å². The van der Waals surface area contributed by atoms with Crippen molar-refractivity contribution in [3.05, 3.63) is 46.8 Å². The van der Waals surface area contributed by atoms with Crippen LogP contribution in [0.25, 0.3) is 10.6 Å². The molecule has 1 amide bonds. The number of hydrogen-bond acceptors (Lipinski definition) is 7. The zero-order valence-electron chi connectivity index (χ0n) is 17.7. The number of aromatic nitrogens is 3. The van der Waals surface area contributed by atoms with Gasteiger partial charge in [0.15, 0.2) is 13.3 Å². The Labute approximate surface area is 185 Å². The topological polar surface area (TPSA) is 90.1 Å². The number of halogens is 1. The molecule has 10 heteroatoms. The predicted octanol–water partition coefficient (Wildman–Crippen LogP) is 5.66. The van der Waals surface area contributed by atoms with Gasteiger partial charge in [-0.25, -0.2) is 0 Å². The molecule has 0 aliphatic carbocycles. The number of benzene rings is 1. The van der Waals surface area contributed by atoms with Crippen molar-refractivity contribution in [2.24, 2.45) is 0 Å². The average Bonchev–Trinajstić information content (AvgIpc) is 3.31. The number of amides is 1. The molecule has 3 rings (SSSR count). The minimum absolute atomic E-state index is 0.117. The lowest BCUT2D eigenvalue weighted by atomic mass is 10.2. The quantitative estimate of drug-likeness (QED) is 0.453. The Kier molecular flexibility index (Phi) is 6.76. The molecule has 3 aromatic rings. The fourth-order valence-electron chi connectivity index (χ4n) is 2.34. The Morgan fingerprint density at radius 2 is 2.00 bits per heavy atom. The molecule has 0 bridgehead atoms. The molecule has 2 aromatic heterocycles. The molecule has 0 atom stereocenters. The van der Waals surface area contributed by atoms with Gasteiger partial charge in [0.2, 0.25) is 10.9 Å². The van der Waals surface area contributed by atoms with Gasteiger partial charge in [-0.2, -0.15) is 0 Å². The highest BCUT2D eigenvalue weighted by atomic mass is 35.5. The molecule has 1 N–H and O–H groups in total. The fraction of sp³-hybridized carbons (Fsp3) is 0.400. The van der Waals surface area contributed by atoms with Gasteiger partial charge in [0.05, 0.1) is 10.7 Å². The second kappa shape index (κ2) is 8.97. The van der Waals surface area contributed by atoms with Gasteiger partial charge in [-0.3, -0.25) is 10.1 Å². The summed E-state index contributed by atoms with van der Waals surface area (Å²) < 4.78 is 11.3. The van der Waals surface area contributed by atoms with E-state index in [1.54, 1.807) is 12.1 Å². The van der Waals surface area contributed by atoms with Crippen molar-refractivity contribution in [1.29, 1.82) is 0 Å². The number of nitrogens with one attached hydrogen (secondary N) is 1. The monoisotopic (exact) mass is 464 g/mol. The summed E-state index contributed by atoms with van der Waals surface area (Å²) in [5.41, 5.74) is 1.44. The van der Waals surface area contributed by atoms with Crippen LogP contribution in [0.1, 0.15) is 37.0 Å². The van der Waals surface area contributed by atoms with Crippen LogP contribution in [0.5, 0.6) is 0 Å². The minimum Gasteiger partial charge on any atom is -0.416 e. The van der Waals surface area contributed by atoms with Crippen molar-refractivity contribution in [1.82, 2.24) is 15.4 Å². The molecule has 1 aromatic carbocycles. The number of nitrogens with zero attached hydrogens (tertiary/aromatic N) is 3. The van der Waals surface area contributed by atoms with E-state index in [-0.39, 0.29) is 10.8 Å². The van der Waals surface area contributed by atoms with E-state index in [1.807, 2.05) is 18.2 Å². The van der Waals surface area contributed by atoms with E-state index in [4.69, 9.17) is 20.6 Å². The number of hydrogen-bond donors (Lipinski definition) is 1. The molecule has 0 aliphatic heterocycles. The number of carbonyl (C=O) groups is 1. The van der Waals surface area contributed by atoms with Crippen LogP contribution in [0.4, 0.5) is 5.13 Å². The van der Waals surface area contributed by atoms with Gasteiger partial charge >= 0.3 is 0 Å². The molecule has 160 valence electrons. The van der Waals surface area contributed by atoms with E-state index in [2.05, 4.69) is 54.5 Å². The molecule has 0 saturated heterocycles. The number of rotatable bonds is 7. The summed E-state index contributed by atoms with van der Waals surface area (Å²) in [6.07, 6.45) is 0.582. The Hall–Kier alpha value is -2.07. The second-order valence-electron chi connectivity index (χ2n) is 8.39. The summed E-state index contributed by atoms with van der Waals surface area (Å²) in [5, 5.41) is 16.5. The molecule has 0 aliphatic rings. The normalized spacial score (nSPS) is 12.2. The Bertz CT molecular complexity index is 1030. The van der Waals surface area contributed by atoms with Gasteiger partial charge in [0, 0.05) is 24.7 Å². The predicted molar refractivity (Wildman–Crippen MR) is 122 cm³/mol. The highest BCUT2D eigenvalue weighted by Crippen LogP contribution is 2.36. The zero-order valence-corrected chi connectivity index (χ0v) is 20.2. The maximum Gasteiger partial charge on any atom is 0.296 e. The second-order valence-corrected chi connectivity index (χ2v) is 14.6. The molecular formula is C20H25ClN4O3SSi. The third-order valence-electron chi connectivity index (χ3n) is 5.16.